The lowest BCUT2D eigenvalue weighted by atomic mass is 9.98. The lowest BCUT2D eigenvalue weighted by Gasteiger charge is -2.10. The average Bonchev–Trinajstić information content (AvgIpc) is 1.87. The molecule has 0 fully saturated rings. The second-order valence-corrected chi connectivity index (χ2v) is 3.26. The van der Waals surface area contributed by atoms with Gasteiger partial charge in [0.05, 0.1) is 0 Å². The normalized spacial score (nSPS) is 15.9. The molecule has 2 unspecified atom stereocenters. The van der Waals surface area contributed by atoms with Crippen LogP contribution >= 0.6 is 0 Å². The number of nitrogens with zero attached hydrogens (tertiary/aromatic N) is 1. The lowest BCUT2D eigenvalue weighted by molar-refractivity contribution is -0.520. The smallest absolute Gasteiger partial charge is 0.210 e. The first-order valence-corrected chi connectivity index (χ1v) is 4.21. The van der Waals surface area contributed by atoms with Crippen molar-refractivity contribution in [3.8, 4) is 0 Å². The Morgan fingerprint density at radius 3 is 2.36 bits per heavy atom. The predicted molar refractivity (Wildman–Crippen MR) is 45.1 cm³/mol. The fourth-order valence-electron chi connectivity index (χ4n) is 1.28. The van der Waals surface area contributed by atoms with Gasteiger partial charge in [-0.3, -0.25) is 10.1 Å². The van der Waals surface area contributed by atoms with E-state index in [1.54, 1.807) is 6.92 Å². The maximum absolute atomic E-state index is 10.2. The highest BCUT2D eigenvalue weighted by Crippen LogP contribution is 2.13. The van der Waals surface area contributed by atoms with Crippen molar-refractivity contribution in [2.45, 2.75) is 46.1 Å². The molecule has 3 nitrogen and oxygen atoms in total. The molecule has 0 N–H and O–H groups in total. The third kappa shape index (κ3) is 4.76. The van der Waals surface area contributed by atoms with Crippen LogP contribution < -0.4 is 0 Å². The van der Waals surface area contributed by atoms with Gasteiger partial charge in [-0.1, -0.05) is 26.7 Å². The van der Waals surface area contributed by atoms with Crippen LogP contribution in [-0.2, 0) is 0 Å². The van der Waals surface area contributed by atoms with Gasteiger partial charge in [-0.05, 0) is 5.92 Å². The molecule has 0 spiro atoms. The molecule has 2 atom stereocenters. The maximum atomic E-state index is 10.2. The zero-order valence-electron chi connectivity index (χ0n) is 7.54. The molecule has 0 amide bonds. The van der Waals surface area contributed by atoms with E-state index in [-0.39, 0.29) is 11.0 Å². The quantitative estimate of drug-likeness (QED) is 0.457. The summed E-state index contributed by atoms with van der Waals surface area (Å²) in [5.74, 6) is 0.486. The Morgan fingerprint density at radius 2 is 2.00 bits per heavy atom. The third-order valence-corrected chi connectivity index (χ3v) is 1.88. The lowest BCUT2D eigenvalue weighted by Crippen LogP contribution is -2.18. The summed E-state index contributed by atoms with van der Waals surface area (Å²) in [6, 6.07) is -0.378. The first-order chi connectivity index (χ1) is 5.07. The zero-order valence-corrected chi connectivity index (χ0v) is 7.54. The second-order valence-electron chi connectivity index (χ2n) is 3.26. The summed E-state index contributed by atoms with van der Waals surface area (Å²) in [6.45, 7) is 5.85. The highest BCUT2D eigenvalue weighted by Gasteiger charge is 2.15. The number of hydrogen-bond acceptors (Lipinski definition) is 2. The summed E-state index contributed by atoms with van der Waals surface area (Å²) < 4.78 is 0. The summed E-state index contributed by atoms with van der Waals surface area (Å²) in [5, 5.41) is 10.2. The van der Waals surface area contributed by atoms with Crippen LogP contribution in [0.25, 0.3) is 0 Å². The number of rotatable bonds is 5. The van der Waals surface area contributed by atoms with E-state index < -0.39 is 0 Å². The van der Waals surface area contributed by atoms with E-state index in [1.807, 2.05) is 0 Å². The van der Waals surface area contributed by atoms with Gasteiger partial charge >= 0.3 is 0 Å². The highest BCUT2D eigenvalue weighted by molar-refractivity contribution is 4.56. The van der Waals surface area contributed by atoms with E-state index in [9.17, 15) is 10.1 Å². The minimum atomic E-state index is -0.378. The highest BCUT2D eigenvalue weighted by atomic mass is 16.6. The summed E-state index contributed by atoms with van der Waals surface area (Å²) in [6.07, 6.45) is 2.92. The SMILES string of the molecule is CCCC(C)CC(C)[N+](=O)[O-]. The number of hydrogen-bond donors (Lipinski definition) is 0. The van der Waals surface area contributed by atoms with Crippen LogP contribution in [-0.4, -0.2) is 11.0 Å². The van der Waals surface area contributed by atoms with Crippen molar-refractivity contribution in [1.82, 2.24) is 0 Å². The van der Waals surface area contributed by atoms with Gasteiger partial charge in [0.1, 0.15) is 0 Å². The molecule has 0 aromatic rings. The van der Waals surface area contributed by atoms with E-state index in [4.69, 9.17) is 0 Å². The Morgan fingerprint density at radius 1 is 1.45 bits per heavy atom. The molecular formula is C8H17NO2. The number of nitro groups is 1. The molecule has 0 aliphatic carbocycles. The van der Waals surface area contributed by atoms with Crippen molar-refractivity contribution in [2.24, 2.45) is 5.92 Å². The van der Waals surface area contributed by atoms with Crippen LogP contribution in [0.1, 0.15) is 40.0 Å². The molecule has 0 bridgehead atoms. The molecule has 0 saturated heterocycles. The van der Waals surface area contributed by atoms with E-state index in [0.717, 1.165) is 12.8 Å². The van der Waals surface area contributed by atoms with Gasteiger partial charge < -0.3 is 0 Å². The van der Waals surface area contributed by atoms with Gasteiger partial charge in [0, 0.05) is 18.3 Å². The Labute approximate surface area is 67.9 Å². The van der Waals surface area contributed by atoms with E-state index >= 15 is 0 Å². The third-order valence-electron chi connectivity index (χ3n) is 1.88. The molecule has 0 rings (SSSR count). The fourth-order valence-corrected chi connectivity index (χ4v) is 1.28. The molecule has 66 valence electrons. The van der Waals surface area contributed by atoms with Gasteiger partial charge in [0.25, 0.3) is 0 Å². The summed E-state index contributed by atoms with van der Waals surface area (Å²) in [4.78, 5) is 10.0. The topological polar surface area (TPSA) is 43.1 Å². The molecule has 0 aromatic heterocycles. The van der Waals surface area contributed by atoms with Crippen molar-refractivity contribution in [1.29, 1.82) is 0 Å². The monoisotopic (exact) mass is 159 g/mol. The average molecular weight is 159 g/mol. The van der Waals surface area contributed by atoms with Crippen LogP contribution in [0, 0.1) is 16.0 Å². The maximum Gasteiger partial charge on any atom is 0.210 e. The molecule has 0 radical (unpaired) electrons. The minimum Gasteiger partial charge on any atom is -0.264 e. The predicted octanol–water partition coefficient (Wildman–Crippen LogP) is 2.48. The van der Waals surface area contributed by atoms with Gasteiger partial charge in [0.15, 0.2) is 0 Å². The summed E-state index contributed by atoms with van der Waals surface area (Å²) >= 11 is 0. The minimum absolute atomic E-state index is 0.202. The van der Waals surface area contributed by atoms with E-state index in [1.165, 1.54) is 0 Å². The zero-order chi connectivity index (χ0) is 8.85. The molecule has 0 aromatic carbocycles. The molecule has 11 heavy (non-hydrogen) atoms. The van der Waals surface area contributed by atoms with Gasteiger partial charge in [-0.25, -0.2) is 0 Å². The van der Waals surface area contributed by atoms with Crippen molar-refractivity contribution in [3.63, 3.8) is 0 Å². The van der Waals surface area contributed by atoms with Crippen molar-refractivity contribution >= 4 is 0 Å². The Kier molecular flexibility index (Phi) is 4.83. The molecule has 3 heteroatoms. The van der Waals surface area contributed by atoms with Crippen LogP contribution in [0.15, 0.2) is 0 Å². The largest absolute Gasteiger partial charge is 0.264 e. The fraction of sp³-hybridized carbons (Fsp3) is 1.00. The van der Waals surface area contributed by atoms with Crippen LogP contribution in [0.3, 0.4) is 0 Å². The first-order valence-electron chi connectivity index (χ1n) is 4.21. The van der Waals surface area contributed by atoms with Crippen molar-refractivity contribution in [2.75, 3.05) is 0 Å². The molecule has 0 heterocycles. The summed E-state index contributed by atoms with van der Waals surface area (Å²) in [7, 11) is 0. The standard InChI is InChI=1S/C8H17NO2/c1-4-5-7(2)6-8(3)9(10)11/h7-8H,4-6H2,1-3H3. The molecule has 0 aliphatic heterocycles. The Hall–Kier alpha value is -0.600. The first kappa shape index (κ1) is 10.4. The Balaban J connectivity index is 3.56. The van der Waals surface area contributed by atoms with Gasteiger partial charge in [-0.15, -0.1) is 0 Å². The van der Waals surface area contributed by atoms with Gasteiger partial charge in [0.2, 0.25) is 6.04 Å². The second kappa shape index (κ2) is 5.10. The molecule has 0 saturated carbocycles. The van der Waals surface area contributed by atoms with Crippen LogP contribution in [0.4, 0.5) is 0 Å². The van der Waals surface area contributed by atoms with Crippen molar-refractivity contribution < 1.29 is 4.92 Å². The Bertz CT molecular complexity index is 125. The van der Waals surface area contributed by atoms with Crippen LogP contribution in [0.2, 0.25) is 0 Å². The van der Waals surface area contributed by atoms with Crippen LogP contribution in [0.5, 0.6) is 0 Å². The van der Waals surface area contributed by atoms with E-state index in [0.29, 0.717) is 12.3 Å². The van der Waals surface area contributed by atoms with E-state index in [2.05, 4.69) is 13.8 Å². The molecular weight excluding hydrogens is 142 g/mol. The van der Waals surface area contributed by atoms with Gasteiger partial charge in [-0.2, -0.15) is 0 Å². The summed E-state index contributed by atoms with van der Waals surface area (Å²) in [5.41, 5.74) is 0. The van der Waals surface area contributed by atoms with Crippen molar-refractivity contribution in [3.05, 3.63) is 10.1 Å². The molecule has 0 aliphatic rings.